The van der Waals surface area contributed by atoms with Crippen LogP contribution in [0.2, 0.25) is 3.67 Å². The van der Waals surface area contributed by atoms with E-state index < -0.39 is 22.9 Å². The molecule has 0 N–H and O–H groups in total. The van der Waals surface area contributed by atoms with Crippen LogP contribution in [0.25, 0.3) is 6.08 Å². The van der Waals surface area contributed by atoms with Crippen LogP contribution < -0.4 is 24.8 Å². The zero-order chi connectivity index (χ0) is 14.7. The van der Waals surface area contributed by atoms with Crippen molar-refractivity contribution in [2.75, 3.05) is 6.16 Å². The molecule has 6 unspecified atom stereocenters. The first-order valence-corrected chi connectivity index (χ1v) is 14.3. The van der Waals surface area contributed by atoms with Gasteiger partial charge in [-0.3, -0.25) is 0 Å². The molecule has 0 spiro atoms. The van der Waals surface area contributed by atoms with E-state index >= 15 is 0 Å². The van der Waals surface area contributed by atoms with Crippen LogP contribution >= 0.6 is 7.92 Å². The molecule has 0 amide bonds. The van der Waals surface area contributed by atoms with E-state index in [1.807, 2.05) is 5.31 Å². The van der Waals surface area contributed by atoms with Crippen LogP contribution in [-0.4, -0.2) is 11.8 Å². The number of hydrogen-bond donors (Lipinski definition) is 0. The van der Waals surface area contributed by atoms with Gasteiger partial charge in [0.25, 0.3) is 0 Å². The topological polar surface area (TPSA) is 0 Å². The molecule has 0 bridgehead atoms. The van der Waals surface area contributed by atoms with Crippen LogP contribution in [0.3, 0.4) is 0 Å². The third-order valence-electron chi connectivity index (χ3n) is 5.98. The van der Waals surface area contributed by atoms with Gasteiger partial charge >= 0.3 is 146 Å². The van der Waals surface area contributed by atoms with Crippen LogP contribution in [-0.2, 0) is 22.9 Å². The van der Waals surface area contributed by atoms with Crippen molar-refractivity contribution in [2.24, 2.45) is 11.8 Å². The Kier molecular flexibility index (Phi) is 5.98. The van der Waals surface area contributed by atoms with Crippen molar-refractivity contribution in [3.05, 3.63) is 65.0 Å². The van der Waals surface area contributed by atoms with Crippen LogP contribution in [0.15, 0.2) is 53.9 Å². The second-order valence-electron chi connectivity index (χ2n) is 6.92. The van der Waals surface area contributed by atoms with Gasteiger partial charge in [0, 0.05) is 0 Å². The number of benzene rings is 1. The first-order chi connectivity index (χ1) is 10.9. The number of halogens is 2. The number of hydrogen-bond acceptors (Lipinski definition) is 0. The van der Waals surface area contributed by atoms with Crippen molar-refractivity contribution in [1.29, 1.82) is 0 Å². The predicted octanol–water partition coefficient (Wildman–Crippen LogP) is -0.393. The first-order valence-electron chi connectivity index (χ1n) is 8.55. The van der Waals surface area contributed by atoms with E-state index in [0.29, 0.717) is 0 Å². The van der Waals surface area contributed by atoms with E-state index in [0.717, 1.165) is 24.8 Å². The maximum atomic E-state index is 2.62. The van der Waals surface area contributed by atoms with Crippen molar-refractivity contribution >= 4 is 14.0 Å². The molecule has 5 rings (SSSR count). The molecule has 1 aromatic carbocycles. The summed E-state index contributed by atoms with van der Waals surface area (Å²) >= 11 is -0.678. The Morgan fingerprint density at radius 3 is 2.75 bits per heavy atom. The Morgan fingerprint density at radius 1 is 1.12 bits per heavy atom. The average molecular weight is 542 g/mol. The Balaban J connectivity index is 0.000000845. The summed E-state index contributed by atoms with van der Waals surface area (Å²) < 4.78 is 2.05. The fraction of sp³-hybridized carbons (Fsp3) is 0.400. The minimum atomic E-state index is -0.678. The summed E-state index contributed by atoms with van der Waals surface area (Å²) in [5.41, 5.74) is 4.33. The van der Waals surface area contributed by atoms with Crippen molar-refractivity contribution < 1.29 is 47.7 Å². The molecule has 4 aliphatic rings. The quantitative estimate of drug-likeness (QED) is 0.336. The van der Waals surface area contributed by atoms with Crippen molar-refractivity contribution in [1.82, 2.24) is 0 Å². The van der Waals surface area contributed by atoms with E-state index in [9.17, 15) is 0 Å². The molecular weight excluding hydrogens is 521 g/mol. The molecular formula is C20H21Cl2HfP. The molecule has 2 fully saturated rings. The van der Waals surface area contributed by atoms with Gasteiger partial charge in [-0.05, 0) is 0 Å². The monoisotopic (exact) mass is 542 g/mol. The van der Waals surface area contributed by atoms with E-state index in [1.165, 1.54) is 12.6 Å². The summed E-state index contributed by atoms with van der Waals surface area (Å²) in [7, 11) is 0.108. The van der Waals surface area contributed by atoms with E-state index in [4.69, 9.17) is 0 Å². The fourth-order valence-corrected chi connectivity index (χ4v) is 20.4. The molecule has 6 atom stereocenters. The minimum Gasteiger partial charge on any atom is -1.00 e. The number of fused-ring (bicyclic) bond motifs is 6. The van der Waals surface area contributed by atoms with E-state index in [2.05, 4.69) is 61.6 Å². The van der Waals surface area contributed by atoms with Crippen LogP contribution in [0.4, 0.5) is 0 Å². The summed E-state index contributed by atoms with van der Waals surface area (Å²) in [5, 5.41) is 1.91. The van der Waals surface area contributed by atoms with Gasteiger partial charge in [0.15, 0.2) is 0 Å². The molecule has 1 aromatic rings. The molecule has 1 saturated heterocycles. The van der Waals surface area contributed by atoms with Gasteiger partial charge in [-0.25, -0.2) is 0 Å². The molecule has 4 heteroatoms. The maximum absolute atomic E-state index is 2.62. The summed E-state index contributed by atoms with van der Waals surface area (Å²) in [6, 6.07) is 9.28. The van der Waals surface area contributed by atoms with Gasteiger partial charge in [0.05, 0.1) is 0 Å². The Labute approximate surface area is 170 Å². The molecule has 0 nitrogen and oxygen atoms in total. The van der Waals surface area contributed by atoms with E-state index in [1.54, 1.807) is 11.1 Å². The molecule has 124 valence electrons. The van der Waals surface area contributed by atoms with Gasteiger partial charge in [-0.15, -0.1) is 0 Å². The van der Waals surface area contributed by atoms with Crippen LogP contribution in [0.5, 0.6) is 0 Å². The molecule has 0 radical (unpaired) electrons. The molecule has 1 heterocycles. The van der Waals surface area contributed by atoms with Gasteiger partial charge in [0.2, 0.25) is 0 Å². The largest absolute Gasteiger partial charge is 1.00 e. The van der Waals surface area contributed by atoms with Gasteiger partial charge < -0.3 is 24.8 Å². The normalized spacial score (nSPS) is 36.6. The first kappa shape index (κ1) is 19.1. The zero-order valence-electron chi connectivity index (χ0n) is 13.7. The second kappa shape index (κ2) is 7.51. The van der Waals surface area contributed by atoms with Crippen molar-refractivity contribution in [3.63, 3.8) is 0 Å². The van der Waals surface area contributed by atoms with Gasteiger partial charge in [-0.1, -0.05) is 0 Å². The molecule has 1 aliphatic heterocycles. The molecule has 3 aliphatic carbocycles. The third kappa shape index (κ3) is 2.79. The number of rotatable bonds is 1. The fourth-order valence-electron chi connectivity index (χ4n) is 5.05. The second-order valence-corrected chi connectivity index (χ2v) is 15.3. The molecule has 0 aromatic heterocycles. The van der Waals surface area contributed by atoms with Crippen molar-refractivity contribution in [2.45, 2.75) is 26.4 Å². The standard InChI is InChI=1S/C20H21P.2ClH.Hf/c1-2-21(19-11-15-7-3-4-8-16(15)12-19)20-13-17-9-5-6-10-18(17)14-20;;;/h3-13,17-18,20H,2,14H2,1H3;2*1H;/q;;;+2/p-2. The van der Waals surface area contributed by atoms with Gasteiger partial charge in [-0.2, -0.15) is 0 Å². The Morgan fingerprint density at radius 2 is 1.92 bits per heavy atom. The SMILES string of the molecule is CCP1C2=Cc3ccccc3[CH]2[Hf+2][CH]2C3C=CC=CC3CC21.[Cl-].[Cl-]. The Bertz CT molecular complexity index is 711. The smallest absolute Gasteiger partial charge is 1.00 e. The van der Waals surface area contributed by atoms with Gasteiger partial charge in [0.1, 0.15) is 0 Å². The summed E-state index contributed by atoms with van der Waals surface area (Å²) in [5.74, 6) is 1.78. The average Bonchev–Trinajstić information content (AvgIpc) is 3.11. The summed E-state index contributed by atoms with van der Waals surface area (Å²) in [6.45, 7) is 2.45. The Hall–Kier alpha value is 0.320. The zero-order valence-corrected chi connectivity index (χ0v) is 19.7. The van der Waals surface area contributed by atoms with Crippen LogP contribution in [0.1, 0.15) is 28.1 Å². The van der Waals surface area contributed by atoms with Crippen LogP contribution in [0, 0.1) is 11.8 Å². The molecule has 1 saturated carbocycles. The predicted molar refractivity (Wildman–Crippen MR) is 92.0 cm³/mol. The number of allylic oxidation sites excluding steroid dienone is 5. The minimum absolute atomic E-state index is 0. The van der Waals surface area contributed by atoms with Crippen molar-refractivity contribution in [3.8, 4) is 0 Å². The molecule has 24 heavy (non-hydrogen) atoms. The third-order valence-corrected chi connectivity index (χ3v) is 18.6. The maximum Gasteiger partial charge on any atom is -1.00 e. The summed E-state index contributed by atoms with van der Waals surface area (Å²) in [4.78, 5) is 0. The summed E-state index contributed by atoms with van der Waals surface area (Å²) in [6.07, 6.45) is 15.2. The van der Waals surface area contributed by atoms with E-state index in [-0.39, 0.29) is 32.7 Å².